The van der Waals surface area contributed by atoms with Gasteiger partial charge in [0.25, 0.3) is 0 Å². The average Bonchev–Trinajstić information content (AvgIpc) is 2.33. The van der Waals surface area contributed by atoms with Gasteiger partial charge in [-0.3, -0.25) is 9.59 Å². The molecule has 0 unspecified atom stereocenters. The molecule has 0 aliphatic carbocycles. The largest absolute Gasteiger partial charge is 0.465 e. The van der Waals surface area contributed by atoms with Crippen molar-refractivity contribution in [2.75, 3.05) is 23.4 Å². The number of halogens is 2. The van der Waals surface area contributed by atoms with Crippen LogP contribution in [0.2, 0.25) is 0 Å². The Hall–Kier alpha value is -0.530. The average molecular weight is 411 g/mol. The highest BCUT2D eigenvalue weighted by molar-refractivity contribution is 9.11. The summed E-state index contributed by atoms with van der Waals surface area (Å²) in [5.74, 6) is -0.0631. The lowest BCUT2D eigenvalue weighted by molar-refractivity contribution is -0.139. The van der Waals surface area contributed by atoms with Gasteiger partial charge in [0.2, 0.25) is 5.91 Å². The van der Waals surface area contributed by atoms with Crippen LogP contribution in [-0.4, -0.2) is 30.0 Å². The van der Waals surface area contributed by atoms with Crippen molar-refractivity contribution in [1.29, 1.82) is 0 Å². The number of ether oxygens (including phenoxy) is 1. The molecule has 0 spiro atoms. The van der Waals surface area contributed by atoms with Gasteiger partial charge in [-0.1, -0.05) is 15.9 Å². The standard InChI is InChI=1S/C12H13Br2NO3S/c1-2-18-12(17)7-19-6-11(16)15-10-4-3-8(13)5-9(10)14/h3-5H,2,6-7H2,1H3,(H,15,16). The molecule has 0 saturated heterocycles. The third-order valence-electron chi connectivity index (χ3n) is 1.96. The molecule has 1 rings (SSSR count). The molecule has 0 aliphatic heterocycles. The van der Waals surface area contributed by atoms with E-state index in [0.29, 0.717) is 12.3 Å². The SMILES string of the molecule is CCOC(=O)CSCC(=O)Nc1ccc(Br)cc1Br. The van der Waals surface area contributed by atoms with Crippen LogP contribution in [0, 0.1) is 0 Å². The van der Waals surface area contributed by atoms with Gasteiger partial charge in [0.15, 0.2) is 0 Å². The molecule has 4 nitrogen and oxygen atoms in total. The monoisotopic (exact) mass is 409 g/mol. The molecule has 0 radical (unpaired) electrons. The lowest BCUT2D eigenvalue weighted by Crippen LogP contribution is -2.16. The highest BCUT2D eigenvalue weighted by Gasteiger charge is 2.08. The zero-order valence-corrected chi connectivity index (χ0v) is 14.2. The van der Waals surface area contributed by atoms with Crippen molar-refractivity contribution in [2.45, 2.75) is 6.92 Å². The van der Waals surface area contributed by atoms with Crippen LogP contribution in [0.1, 0.15) is 6.92 Å². The maximum Gasteiger partial charge on any atom is 0.315 e. The van der Waals surface area contributed by atoms with Crippen LogP contribution < -0.4 is 5.32 Å². The molecule has 104 valence electrons. The van der Waals surface area contributed by atoms with E-state index < -0.39 is 0 Å². The van der Waals surface area contributed by atoms with E-state index in [2.05, 4.69) is 37.2 Å². The second-order valence-corrected chi connectivity index (χ2v) is 6.23. The number of nitrogens with one attached hydrogen (secondary N) is 1. The summed E-state index contributed by atoms with van der Waals surface area (Å²) in [5.41, 5.74) is 0.699. The fraction of sp³-hybridized carbons (Fsp3) is 0.333. The summed E-state index contributed by atoms with van der Waals surface area (Å²) < 4.78 is 6.49. The van der Waals surface area contributed by atoms with Gasteiger partial charge in [0.1, 0.15) is 0 Å². The van der Waals surface area contributed by atoms with E-state index in [1.165, 1.54) is 11.8 Å². The van der Waals surface area contributed by atoms with Crippen molar-refractivity contribution in [2.24, 2.45) is 0 Å². The summed E-state index contributed by atoms with van der Waals surface area (Å²) in [6.45, 7) is 2.11. The number of anilines is 1. The normalized spacial score (nSPS) is 10.1. The third kappa shape index (κ3) is 6.44. The second-order valence-electron chi connectivity index (χ2n) is 3.47. The number of amides is 1. The highest BCUT2D eigenvalue weighted by atomic mass is 79.9. The van der Waals surface area contributed by atoms with E-state index in [-0.39, 0.29) is 23.4 Å². The van der Waals surface area contributed by atoms with Gasteiger partial charge < -0.3 is 10.1 Å². The summed E-state index contributed by atoms with van der Waals surface area (Å²) in [5, 5.41) is 2.76. The zero-order chi connectivity index (χ0) is 14.3. The quantitative estimate of drug-likeness (QED) is 0.729. The van der Waals surface area contributed by atoms with Crippen molar-refractivity contribution in [3.8, 4) is 0 Å². The van der Waals surface area contributed by atoms with E-state index in [1.54, 1.807) is 13.0 Å². The molecule has 1 amide bonds. The molecule has 0 bridgehead atoms. The Balaban J connectivity index is 2.37. The van der Waals surface area contributed by atoms with Crippen molar-refractivity contribution in [1.82, 2.24) is 0 Å². The first-order valence-electron chi connectivity index (χ1n) is 5.51. The van der Waals surface area contributed by atoms with Crippen LogP contribution in [0.5, 0.6) is 0 Å². The summed E-state index contributed by atoms with van der Waals surface area (Å²) in [6.07, 6.45) is 0. The fourth-order valence-corrected chi connectivity index (χ4v) is 2.96. The van der Waals surface area contributed by atoms with Gasteiger partial charge in [0.05, 0.1) is 23.8 Å². The number of esters is 1. The first-order valence-corrected chi connectivity index (χ1v) is 8.25. The van der Waals surface area contributed by atoms with Crippen LogP contribution in [-0.2, 0) is 14.3 Å². The molecule has 0 heterocycles. The molecule has 0 fully saturated rings. The number of rotatable bonds is 6. The smallest absolute Gasteiger partial charge is 0.315 e. The maximum atomic E-state index is 11.7. The molecule has 0 aromatic heterocycles. The topological polar surface area (TPSA) is 55.4 Å². The number of thioether (sulfide) groups is 1. The number of hydrogen-bond acceptors (Lipinski definition) is 4. The second kappa shape index (κ2) is 8.60. The van der Waals surface area contributed by atoms with Gasteiger partial charge in [-0.15, -0.1) is 11.8 Å². The molecule has 7 heteroatoms. The van der Waals surface area contributed by atoms with Crippen LogP contribution in [0.3, 0.4) is 0 Å². The zero-order valence-electron chi connectivity index (χ0n) is 10.2. The highest BCUT2D eigenvalue weighted by Crippen LogP contribution is 2.26. The molecule has 0 atom stereocenters. The van der Waals surface area contributed by atoms with Crippen LogP contribution >= 0.6 is 43.6 Å². The van der Waals surface area contributed by atoms with Crippen molar-refractivity contribution < 1.29 is 14.3 Å². The Labute approximate surface area is 132 Å². The van der Waals surface area contributed by atoms with E-state index in [9.17, 15) is 9.59 Å². The van der Waals surface area contributed by atoms with Crippen LogP contribution in [0.4, 0.5) is 5.69 Å². The molecule has 1 N–H and O–H groups in total. The Morgan fingerprint density at radius 3 is 2.68 bits per heavy atom. The fourth-order valence-electron chi connectivity index (χ4n) is 1.21. The molecular formula is C12H13Br2NO3S. The Kier molecular flexibility index (Phi) is 7.48. The van der Waals surface area contributed by atoms with Crippen molar-refractivity contribution >= 4 is 61.2 Å². The molecule has 0 saturated carbocycles. The van der Waals surface area contributed by atoms with Crippen molar-refractivity contribution in [3.63, 3.8) is 0 Å². The summed E-state index contributed by atoms with van der Waals surface area (Å²) in [4.78, 5) is 22.8. The van der Waals surface area contributed by atoms with Crippen LogP contribution in [0.25, 0.3) is 0 Å². The van der Waals surface area contributed by atoms with Gasteiger partial charge in [-0.25, -0.2) is 0 Å². The lowest BCUT2D eigenvalue weighted by Gasteiger charge is -2.07. The van der Waals surface area contributed by atoms with Crippen molar-refractivity contribution in [3.05, 3.63) is 27.1 Å². The number of benzene rings is 1. The molecular weight excluding hydrogens is 398 g/mol. The molecule has 1 aromatic rings. The minimum absolute atomic E-state index is 0.155. The molecule has 0 aliphatic rings. The van der Waals surface area contributed by atoms with Gasteiger partial charge in [-0.05, 0) is 41.1 Å². The minimum Gasteiger partial charge on any atom is -0.465 e. The van der Waals surface area contributed by atoms with Gasteiger partial charge >= 0.3 is 5.97 Å². The third-order valence-corrected chi connectivity index (χ3v) is 4.02. The predicted octanol–water partition coefficient (Wildman–Crippen LogP) is 3.45. The predicted molar refractivity (Wildman–Crippen MR) is 84.4 cm³/mol. The summed E-state index contributed by atoms with van der Waals surface area (Å²) in [7, 11) is 0. The van der Waals surface area contributed by atoms with E-state index in [4.69, 9.17) is 4.74 Å². The van der Waals surface area contributed by atoms with Crippen LogP contribution in [0.15, 0.2) is 27.1 Å². The van der Waals surface area contributed by atoms with Gasteiger partial charge in [-0.2, -0.15) is 0 Å². The van der Waals surface area contributed by atoms with E-state index >= 15 is 0 Å². The number of carbonyl (C=O) groups is 2. The Morgan fingerprint density at radius 2 is 2.05 bits per heavy atom. The molecule has 19 heavy (non-hydrogen) atoms. The first-order chi connectivity index (χ1) is 9.02. The summed E-state index contributed by atoms with van der Waals surface area (Å²) in [6, 6.07) is 5.48. The number of hydrogen-bond donors (Lipinski definition) is 1. The minimum atomic E-state index is -0.301. The Morgan fingerprint density at radius 1 is 1.32 bits per heavy atom. The van der Waals surface area contributed by atoms with E-state index in [0.717, 1.165) is 8.95 Å². The number of carbonyl (C=O) groups excluding carboxylic acids is 2. The van der Waals surface area contributed by atoms with Gasteiger partial charge in [0, 0.05) is 8.95 Å². The van der Waals surface area contributed by atoms with E-state index in [1.807, 2.05) is 12.1 Å². The molecule has 1 aromatic carbocycles. The first kappa shape index (κ1) is 16.5. The maximum absolute atomic E-state index is 11.7. The summed E-state index contributed by atoms with van der Waals surface area (Å²) >= 11 is 7.93. The lowest BCUT2D eigenvalue weighted by atomic mass is 10.3. The Bertz CT molecular complexity index is 468.